The molecule has 0 spiro atoms. The molecule has 0 aliphatic heterocycles. The Kier molecular flexibility index (Phi) is 4.42. The lowest BCUT2D eigenvalue weighted by Gasteiger charge is -2.13. The zero-order valence-corrected chi connectivity index (χ0v) is 10.0. The summed E-state index contributed by atoms with van der Waals surface area (Å²) in [5, 5.41) is 9.50. The van der Waals surface area contributed by atoms with Crippen molar-refractivity contribution in [3.05, 3.63) is 28.2 Å². The van der Waals surface area contributed by atoms with Gasteiger partial charge in [-0.3, -0.25) is 0 Å². The van der Waals surface area contributed by atoms with Gasteiger partial charge in [0, 0.05) is 10.0 Å². The first kappa shape index (κ1) is 11.5. The van der Waals surface area contributed by atoms with Crippen LogP contribution in [0.4, 0.5) is 0 Å². The third-order valence-electron chi connectivity index (χ3n) is 1.89. The summed E-state index contributed by atoms with van der Waals surface area (Å²) in [6, 6.07) is 5.66. The molecule has 0 aliphatic rings. The molecule has 1 N–H and O–H groups in total. The van der Waals surface area contributed by atoms with Crippen molar-refractivity contribution >= 4 is 15.9 Å². The average Bonchev–Trinajstić information content (AvgIpc) is 2.14. The summed E-state index contributed by atoms with van der Waals surface area (Å²) in [7, 11) is 0. The Bertz CT molecular complexity index is 297. The Balaban J connectivity index is 2.91. The predicted molar refractivity (Wildman–Crippen MR) is 60.6 cm³/mol. The van der Waals surface area contributed by atoms with Crippen LogP contribution in [0.5, 0.6) is 5.75 Å². The van der Waals surface area contributed by atoms with E-state index >= 15 is 0 Å². The van der Waals surface area contributed by atoms with Gasteiger partial charge in [0.2, 0.25) is 0 Å². The topological polar surface area (TPSA) is 29.5 Å². The molecular formula is C11H15BrO2. The Morgan fingerprint density at radius 3 is 2.79 bits per heavy atom. The zero-order valence-electron chi connectivity index (χ0n) is 8.46. The highest BCUT2D eigenvalue weighted by atomic mass is 79.9. The van der Waals surface area contributed by atoms with Crippen LogP contribution in [0.15, 0.2) is 22.7 Å². The summed E-state index contributed by atoms with van der Waals surface area (Å²) < 4.78 is 6.50. The molecule has 1 aromatic carbocycles. The first-order valence-corrected chi connectivity index (χ1v) is 5.54. The van der Waals surface area contributed by atoms with E-state index in [1.807, 2.05) is 18.2 Å². The van der Waals surface area contributed by atoms with E-state index in [0.29, 0.717) is 6.61 Å². The van der Waals surface area contributed by atoms with E-state index < -0.39 is 6.10 Å². The van der Waals surface area contributed by atoms with E-state index in [1.54, 1.807) is 6.92 Å². The minimum absolute atomic E-state index is 0.491. The molecule has 0 fully saturated rings. The van der Waals surface area contributed by atoms with E-state index in [4.69, 9.17) is 4.74 Å². The van der Waals surface area contributed by atoms with Crippen molar-refractivity contribution in [2.75, 3.05) is 6.61 Å². The van der Waals surface area contributed by atoms with Crippen molar-refractivity contribution in [3.63, 3.8) is 0 Å². The number of ether oxygens (including phenoxy) is 1. The van der Waals surface area contributed by atoms with Gasteiger partial charge in [0.25, 0.3) is 0 Å². The van der Waals surface area contributed by atoms with Crippen LogP contribution in [-0.2, 0) is 0 Å². The van der Waals surface area contributed by atoms with E-state index in [9.17, 15) is 5.11 Å². The molecule has 0 saturated carbocycles. The van der Waals surface area contributed by atoms with Crippen LogP contribution in [-0.4, -0.2) is 11.7 Å². The lowest BCUT2D eigenvalue weighted by molar-refractivity contribution is 0.191. The molecular weight excluding hydrogens is 244 g/mol. The number of rotatable bonds is 4. The highest BCUT2D eigenvalue weighted by Crippen LogP contribution is 2.28. The van der Waals surface area contributed by atoms with Crippen LogP contribution in [0.2, 0.25) is 0 Å². The number of aliphatic hydroxyl groups excluding tert-OH is 1. The van der Waals surface area contributed by atoms with Crippen molar-refractivity contribution in [2.24, 2.45) is 0 Å². The van der Waals surface area contributed by atoms with Gasteiger partial charge in [0.15, 0.2) is 0 Å². The van der Waals surface area contributed by atoms with Gasteiger partial charge in [-0.25, -0.2) is 0 Å². The Morgan fingerprint density at radius 2 is 2.21 bits per heavy atom. The minimum Gasteiger partial charge on any atom is -0.493 e. The molecule has 14 heavy (non-hydrogen) atoms. The number of hydrogen-bond donors (Lipinski definition) is 1. The van der Waals surface area contributed by atoms with Crippen molar-refractivity contribution < 1.29 is 9.84 Å². The summed E-state index contributed by atoms with van der Waals surface area (Å²) in [5.41, 5.74) is 0.835. The largest absolute Gasteiger partial charge is 0.493 e. The molecule has 0 saturated heterocycles. The monoisotopic (exact) mass is 258 g/mol. The van der Waals surface area contributed by atoms with Gasteiger partial charge < -0.3 is 9.84 Å². The Morgan fingerprint density at radius 1 is 1.50 bits per heavy atom. The summed E-state index contributed by atoms with van der Waals surface area (Å²) >= 11 is 3.38. The standard InChI is InChI=1S/C11H15BrO2/c1-3-6-14-11-7-9(12)4-5-10(11)8(2)13/h4-5,7-8,13H,3,6H2,1-2H3. The fourth-order valence-corrected chi connectivity index (χ4v) is 1.53. The second kappa shape index (κ2) is 5.37. The van der Waals surface area contributed by atoms with Gasteiger partial charge in [0.05, 0.1) is 12.7 Å². The molecule has 2 nitrogen and oxygen atoms in total. The molecule has 0 aromatic heterocycles. The maximum Gasteiger partial charge on any atom is 0.126 e. The third-order valence-corrected chi connectivity index (χ3v) is 2.38. The van der Waals surface area contributed by atoms with Crippen LogP contribution in [0.1, 0.15) is 31.9 Å². The van der Waals surface area contributed by atoms with Crippen LogP contribution in [0.25, 0.3) is 0 Å². The van der Waals surface area contributed by atoms with Crippen molar-refractivity contribution in [3.8, 4) is 5.75 Å². The highest BCUT2D eigenvalue weighted by Gasteiger charge is 2.08. The van der Waals surface area contributed by atoms with Gasteiger partial charge >= 0.3 is 0 Å². The van der Waals surface area contributed by atoms with Crippen LogP contribution in [0.3, 0.4) is 0 Å². The fourth-order valence-electron chi connectivity index (χ4n) is 1.19. The van der Waals surface area contributed by atoms with Crippen LogP contribution in [0, 0.1) is 0 Å². The summed E-state index contributed by atoms with van der Waals surface area (Å²) in [6.45, 7) is 4.47. The summed E-state index contributed by atoms with van der Waals surface area (Å²) in [6.07, 6.45) is 0.473. The van der Waals surface area contributed by atoms with Crippen molar-refractivity contribution in [2.45, 2.75) is 26.4 Å². The molecule has 3 heteroatoms. The van der Waals surface area contributed by atoms with Gasteiger partial charge in [-0.1, -0.05) is 28.9 Å². The second-order valence-electron chi connectivity index (χ2n) is 3.21. The SMILES string of the molecule is CCCOc1cc(Br)ccc1C(C)O. The third kappa shape index (κ3) is 3.00. The molecule has 0 amide bonds. The van der Waals surface area contributed by atoms with E-state index in [1.165, 1.54) is 0 Å². The quantitative estimate of drug-likeness (QED) is 0.899. The van der Waals surface area contributed by atoms with Gasteiger partial charge in [-0.2, -0.15) is 0 Å². The number of benzene rings is 1. The number of aliphatic hydroxyl groups is 1. The Labute approximate surface area is 93.0 Å². The molecule has 0 aliphatic carbocycles. The normalized spacial score (nSPS) is 12.6. The number of hydrogen-bond acceptors (Lipinski definition) is 2. The zero-order chi connectivity index (χ0) is 10.6. The highest BCUT2D eigenvalue weighted by molar-refractivity contribution is 9.10. The first-order valence-electron chi connectivity index (χ1n) is 4.75. The lowest BCUT2D eigenvalue weighted by atomic mass is 10.1. The molecule has 1 aromatic rings. The smallest absolute Gasteiger partial charge is 0.126 e. The van der Waals surface area contributed by atoms with E-state index in [0.717, 1.165) is 22.2 Å². The summed E-state index contributed by atoms with van der Waals surface area (Å²) in [5.74, 6) is 0.760. The Hall–Kier alpha value is -0.540. The molecule has 1 unspecified atom stereocenters. The molecule has 1 atom stereocenters. The van der Waals surface area contributed by atoms with Crippen molar-refractivity contribution in [1.82, 2.24) is 0 Å². The van der Waals surface area contributed by atoms with Gasteiger partial charge in [-0.15, -0.1) is 0 Å². The minimum atomic E-state index is -0.491. The molecule has 0 heterocycles. The van der Waals surface area contributed by atoms with E-state index in [-0.39, 0.29) is 0 Å². The first-order chi connectivity index (χ1) is 6.65. The predicted octanol–water partition coefficient (Wildman–Crippen LogP) is 3.29. The molecule has 0 bridgehead atoms. The lowest BCUT2D eigenvalue weighted by Crippen LogP contribution is -2.01. The number of halogens is 1. The van der Waals surface area contributed by atoms with Crippen LogP contribution < -0.4 is 4.74 Å². The van der Waals surface area contributed by atoms with Crippen molar-refractivity contribution in [1.29, 1.82) is 0 Å². The van der Waals surface area contributed by atoms with E-state index in [2.05, 4.69) is 22.9 Å². The second-order valence-corrected chi connectivity index (χ2v) is 4.12. The molecule has 78 valence electrons. The fraction of sp³-hybridized carbons (Fsp3) is 0.455. The maximum absolute atomic E-state index is 9.50. The summed E-state index contributed by atoms with van der Waals surface area (Å²) in [4.78, 5) is 0. The molecule has 1 rings (SSSR count). The average molecular weight is 259 g/mol. The van der Waals surface area contributed by atoms with Gasteiger partial charge in [0.1, 0.15) is 5.75 Å². The van der Waals surface area contributed by atoms with Gasteiger partial charge in [-0.05, 0) is 25.5 Å². The molecule has 0 radical (unpaired) electrons. The maximum atomic E-state index is 9.50. The van der Waals surface area contributed by atoms with Crippen LogP contribution >= 0.6 is 15.9 Å².